The molecule has 1 amide bonds. The normalized spacial score (nSPS) is 16.9. The summed E-state index contributed by atoms with van der Waals surface area (Å²) in [4.78, 5) is 16.4. The molecule has 0 aliphatic carbocycles. The Balaban J connectivity index is 1.83. The van der Waals surface area contributed by atoms with Crippen molar-refractivity contribution in [3.63, 3.8) is 0 Å². The number of hydrogen-bond donors (Lipinski definition) is 1. The number of piperazine rings is 1. The molecule has 0 radical (unpaired) electrons. The summed E-state index contributed by atoms with van der Waals surface area (Å²) in [5, 5.41) is 0.772. The number of halogens is 1. The van der Waals surface area contributed by atoms with Gasteiger partial charge in [-0.05, 0) is 31.0 Å². The summed E-state index contributed by atoms with van der Waals surface area (Å²) in [5.41, 5.74) is 6.65. The molecule has 1 aromatic carbocycles. The molecule has 0 spiro atoms. The maximum atomic E-state index is 12.2. The number of amides is 1. The van der Waals surface area contributed by atoms with Crippen molar-refractivity contribution in [2.24, 2.45) is 11.7 Å². The molecular formula is C16H24ClN3O. The molecule has 1 aliphatic heterocycles. The van der Waals surface area contributed by atoms with Gasteiger partial charge in [0.2, 0.25) is 5.91 Å². The van der Waals surface area contributed by atoms with Crippen LogP contribution in [-0.2, 0) is 4.79 Å². The maximum Gasteiger partial charge on any atom is 0.222 e. The fourth-order valence-corrected chi connectivity index (χ4v) is 2.81. The van der Waals surface area contributed by atoms with Gasteiger partial charge in [-0.2, -0.15) is 0 Å². The number of carbonyl (C=O) groups excluding carboxylic acids is 1. The Hall–Kier alpha value is -1.26. The molecule has 21 heavy (non-hydrogen) atoms. The van der Waals surface area contributed by atoms with Crippen molar-refractivity contribution in [3.05, 3.63) is 29.3 Å². The van der Waals surface area contributed by atoms with Crippen molar-refractivity contribution in [3.8, 4) is 0 Å². The van der Waals surface area contributed by atoms with Crippen LogP contribution in [-0.4, -0.2) is 43.5 Å². The van der Waals surface area contributed by atoms with Crippen LogP contribution in [0.4, 0.5) is 5.69 Å². The Kier molecular flexibility index (Phi) is 5.88. The van der Waals surface area contributed by atoms with Gasteiger partial charge in [0.1, 0.15) is 0 Å². The topological polar surface area (TPSA) is 49.6 Å². The lowest BCUT2D eigenvalue weighted by Gasteiger charge is -2.36. The first kappa shape index (κ1) is 16.1. The number of carbonyl (C=O) groups is 1. The van der Waals surface area contributed by atoms with Gasteiger partial charge in [-0.25, -0.2) is 0 Å². The highest BCUT2D eigenvalue weighted by atomic mass is 35.5. The molecule has 2 N–H and O–H groups in total. The highest BCUT2D eigenvalue weighted by molar-refractivity contribution is 6.33. The van der Waals surface area contributed by atoms with Crippen LogP contribution in [0.15, 0.2) is 24.3 Å². The summed E-state index contributed by atoms with van der Waals surface area (Å²) in [7, 11) is 0. The average molecular weight is 310 g/mol. The molecule has 1 heterocycles. The van der Waals surface area contributed by atoms with Crippen molar-refractivity contribution >= 4 is 23.2 Å². The van der Waals surface area contributed by atoms with E-state index in [-0.39, 0.29) is 5.91 Å². The van der Waals surface area contributed by atoms with Gasteiger partial charge in [0.05, 0.1) is 10.7 Å². The van der Waals surface area contributed by atoms with Gasteiger partial charge in [-0.1, -0.05) is 30.7 Å². The van der Waals surface area contributed by atoms with E-state index in [0.29, 0.717) is 18.9 Å². The standard InChI is InChI=1S/C16H24ClN3O/c1-13(12-18)6-7-16(21)20-10-8-19(9-11-20)15-5-3-2-4-14(15)17/h2-5,13H,6-12,18H2,1H3. The minimum absolute atomic E-state index is 0.245. The fraction of sp³-hybridized carbons (Fsp3) is 0.562. The highest BCUT2D eigenvalue weighted by Gasteiger charge is 2.22. The molecule has 1 atom stereocenters. The zero-order chi connectivity index (χ0) is 15.2. The van der Waals surface area contributed by atoms with Crippen LogP contribution >= 0.6 is 11.6 Å². The molecule has 0 saturated carbocycles. The summed E-state index contributed by atoms with van der Waals surface area (Å²) in [6.07, 6.45) is 1.48. The third kappa shape index (κ3) is 4.35. The number of nitrogens with two attached hydrogens (primary N) is 1. The fourth-order valence-electron chi connectivity index (χ4n) is 2.55. The lowest BCUT2D eigenvalue weighted by molar-refractivity contribution is -0.131. The van der Waals surface area contributed by atoms with Crippen LogP contribution in [0.3, 0.4) is 0 Å². The van der Waals surface area contributed by atoms with E-state index in [9.17, 15) is 4.79 Å². The van der Waals surface area contributed by atoms with Crippen LogP contribution in [0, 0.1) is 5.92 Å². The first-order chi connectivity index (χ1) is 10.1. The Morgan fingerprint density at radius 2 is 1.95 bits per heavy atom. The number of benzene rings is 1. The molecule has 1 aromatic rings. The van der Waals surface area contributed by atoms with Crippen LogP contribution in [0.25, 0.3) is 0 Å². The Bertz CT molecular complexity index is 472. The van der Waals surface area contributed by atoms with E-state index in [4.69, 9.17) is 17.3 Å². The lowest BCUT2D eigenvalue weighted by Crippen LogP contribution is -2.48. The molecule has 4 nitrogen and oxygen atoms in total. The van der Waals surface area contributed by atoms with Crippen LogP contribution in [0.1, 0.15) is 19.8 Å². The van der Waals surface area contributed by atoms with E-state index in [1.54, 1.807) is 0 Å². The Morgan fingerprint density at radius 3 is 2.57 bits per heavy atom. The van der Waals surface area contributed by atoms with Gasteiger partial charge in [0.15, 0.2) is 0 Å². The third-order valence-corrected chi connectivity index (χ3v) is 4.40. The van der Waals surface area contributed by atoms with Gasteiger partial charge in [0, 0.05) is 32.6 Å². The van der Waals surface area contributed by atoms with Crippen molar-refractivity contribution in [2.75, 3.05) is 37.6 Å². The number of para-hydroxylation sites is 1. The smallest absolute Gasteiger partial charge is 0.222 e. The van der Waals surface area contributed by atoms with Crippen LogP contribution in [0.5, 0.6) is 0 Å². The second-order valence-corrected chi connectivity index (χ2v) is 6.11. The maximum absolute atomic E-state index is 12.2. The first-order valence-electron chi connectivity index (χ1n) is 7.59. The van der Waals surface area contributed by atoms with Gasteiger partial charge < -0.3 is 15.5 Å². The summed E-state index contributed by atoms with van der Waals surface area (Å²) >= 11 is 6.22. The third-order valence-electron chi connectivity index (χ3n) is 4.08. The van der Waals surface area contributed by atoms with Crippen molar-refractivity contribution in [2.45, 2.75) is 19.8 Å². The van der Waals surface area contributed by atoms with Gasteiger partial charge in [-0.3, -0.25) is 4.79 Å². The number of anilines is 1. The van der Waals surface area contributed by atoms with E-state index < -0.39 is 0 Å². The molecule has 2 rings (SSSR count). The zero-order valence-corrected chi connectivity index (χ0v) is 13.4. The average Bonchev–Trinajstić information content (AvgIpc) is 2.53. The van der Waals surface area contributed by atoms with Gasteiger partial charge in [-0.15, -0.1) is 0 Å². The summed E-state index contributed by atoms with van der Waals surface area (Å²) in [5.74, 6) is 0.660. The molecule has 1 saturated heterocycles. The number of hydrogen-bond acceptors (Lipinski definition) is 3. The molecule has 116 valence electrons. The molecule has 5 heteroatoms. The largest absolute Gasteiger partial charge is 0.367 e. The zero-order valence-electron chi connectivity index (χ0n) is 12.6. The summed E-state index contributed by atoms with van der Waals surface area (Å²) < 4.78 is 0. The Labute approximate surface area is 131 Å². The van der Waals surface area contributed by atoms with Gasteiger partial charge >= 0.3 is 0 Å². The highest BCUT2D eigenvalue weighted by Crippen LogP contribution is 2.26. The molecule has 0 aromatic heterocycles. The van der Waals surface area contributed by atoms with E-state index in [1.807, 2.05) is 29.2 Å². The minimum Gasteiger partial charge on any atom is -0.367 e. The van der Waals surface area contributed by atoms with E-state index in [2.05, 4.69) is 11.8 Å². The monoisotopic (exact) mass is 309 g/mol. The molecular weight excluding hydrogens is 286 g/mol. The summed E-state index contributed by atoms with van der Waals surface area (Å²) in [6, 6.07) is 7.86. The molecule has 1 unspecified atom stereocenters. The molecule has 1 aliphatic rings. The predicted molar refractivity (Wildman–Crippen MR) is 87.7 cm³/mol. The van der Waals surface area contributed by atoms with Crippen LogP contribution in [0.2, 0.25) is 5.02 Å². The van der Waals surface area contributed by atoms with Crippen molar-refractivity contribution in [1.29, 1.82) is 0 Å². The second-order valence-electron chi connectivity index (χ2n) is 5.70. The quantitative estimate of drug-likeness (QED) is 0.908. The van der Waals surface area contributed by atoms with Gasteiger partial charge in [0.25, 0.3) is 0 Å². The van der Waals surface area contributed by atoms with Crippen molar-refractivity contribution < 1.29 is 4.79 Å². The van der Waals surface area contributed by atoms with Crippen molar-refractivity contribution in [1.82, 2.24) is 4.90 Å². The number of rotatable bonds is 5. The van der Waals surface area contributed by atoms with E-state index in [0.717, 1.165) is 43.3 Å². The molecule has 1 fully saturated rings. The predicted octanol–water partition coefficient (Wildman–Crippen LogP) is 2.36. The minimum atomic E-state index is 0.245. The SMILES string of the molecule is CC(CN)CCC(=O)N1CCN(c2ccccc2Cl)CC1. The first-order valence-corrected chi connectivity index (χ1v) is 7.97. The molecule has 0 bridgehead atoms. The van der Waals surface area contributed by atoms with E-state index in [1.165, 1.54) is 0 Å². The summed E-state index contributed by atoms with van der Waals surface area (Å²) in [6.45, 7) is 5.93. The van der Waals surface area contributed by atoms with Crippen LogP contribution < -0.4 is 10.6 Å². The Morgan fingerprint density at radius 1 is 1.29 bits per heavy atom. The van der Waals surface area contributed by atoms with E-state index >= 15 is 0 Å². The lowest BCUT2D eigenvalue weighted by atomic mass is 10.1. The second kappa shape index (κ2) is 7.66. The number of nitrogens with zero attached hydrogens (tertiary/aromatic N) is 2.